The Morgan fingerprint density at radius 3 is 2.50 bits per heavy atom. The lowest BCUT2D eigenvalue weighted by molar-refractivity contribution is 0.0530. The summed E-state index contributed by atoms with van der Waals surface area (Å²) in [6.45, 7) is -0.199. The van der Waals surface area contributed by atoms with Crippen molar-refractivity contribution in [3.63, 3.8) is 0 Å². The molecule has 0 aromatic carbocycles. The summed E-state index contributed by atoms with van der Waals surface area (Å²) in [6, 6.07) is 3.27. The summed E-state index contributed by atoms with van der Waals surface area (Å²) in [4.78, 5) is 21.7. The number of hydrogen-bond acceptors (Lipinski definition) is 5. The first-order valence-electron chi connectivity index (χ1n) is 4.12. The summed E-state index contributed by atoms with van der Waals surface area (Å²) in [5.41, 5.74) is 9.68. The first-order valence-corrected chi connectivity index (χ1v) is 5.32. The van der Waals surface area contributed by atoms with Gasteiger partial charge in [-0.25, -0.2) is 9.59 Å². The Kier molecular flexibility index (Phi) is 4.39. The zero-order valence-electron chi connectivity index (χ0n) is 8.01. The molecule has 6 nitrogen and oxygen atoms in total. The fourth-order valence-electron chi connectivity index (χ4n) is 0.974. The van der Waals surface area contributed by atoms with Crippen molar-refractivity contribution in [1.82, 2.24) is 0 Å². The van der Waals surface area contributed by atoms with Crippen molar-refractivity contribution >= 4 is 35.1 Å². The molecule has 0 spiro atoms. The van der Waals surface area contributed by atoms with E-state index in [0.717, 1.165) is 0 Å². The second kappa shape index (κ2) is 5.57. The van der Waals surface area contributed by atoms with E-state index in [0.29, 0.717) is 9.21 Å². The lowest BCUT2D eigenvalue weighted by atomic mass is 10.3. The molecule has 0 unspecified atom stereocenters. The fraction of sp³-hybridized carbons (Fsp3) is 0.250. The van der Waals surface area contributed by atoms with Gasteiger partial charge in [0.25, 0.3) is 0 Å². The molecule has 4 N–H and O–H groups in total. The average Bonchev–Trinajstić information content (AvgIpc) is 2.58. The smallest absolute Gasteiger partial charge is 0.405 e. The number of thiophene rings is 1. The normalized spacial score (nSPS) is 11.8. The maximum Gasteiger partial charge on any atom is 0.405 e. The molecule has 1 heterocycles. The third-order valence-electron chi connectivity index (χ3n) is 1.55. The highest BCUT2D eigenvalue weighted by Gasteiger charge is 2.19. The molecule has 16 heavy (non-hydrogen) atoms. The minimum absolute atomic E-state index is 0.199. The Morgan fingerprint density at radius 1 is 1.38 bits per heavy atom. The van der Waals surface area contributed by atoms with E-state index >= 15 is 0 Å². The second-order valence-electron chi connectivity index (χ2n) is 2.70. The third kappa shape index (κ3) is 3.95. The Labute approximate surface area is 100 Å². The summed E-state index contributed by atoms with van der Waals surface area (Å²) >= 11 is 6.91. The van der Waals surface area contributed by atoms with Crippen LogP contribution in [0.5, 0.6) is 0 Å². The molecular formula is C8H9ClN2O4S. The molecule has 1 rings (SSSR count). The zero-order valence-corrected chi connectivity index (χ0v) is 9.59. The predicted molar refractivity (Wildman–Crippen MR) is 58.3 cm³/mol. The predicted octanol–water partition coefficient (Wildman–Crippen LogP) is 1.63. The number of carbonyl (C=O) groups is 2. The van der Waals surface area contributed by atoms with Gasteiger partial charge in [-0.1, -0.05) is 11.6 Å². The van der Waals surface area contributed by atoms with E-state index in [1.165, 1.54) is 11.3 Å². The van der Waals surface area contributed by atoms with Gasteiger partial charge in [-0.3, -0.25) is 0 Å². The lowest BCUT2D eigenvalue weighted by Gasteiger charge is -2.14. The van der Waals surface area contributed by atoms with Crippen LogP contribution in [0.3, 0.4) is 0 Å². The van der Waals surface area contributed by atoms with Gasteiger partial charge in [0.1, 0.15) is 6.61 Å². The van der Waals surface area contributed by atoms with E-state index in [1.54, 1.807) is 12.1 Å². The van der Waals surface area contributed by atoms with E-state index in [2.05, 4.69) is 4.74 Å². The molecule has 0 aliphatic heterocycles. The molecule has 88 valence electrons. The highest BCUT2D eigenvalue weighted by atomic mass is 35.5. The molecule has 0 bridgehead atoms. The van der Waals surface area contributed by atoms with E-state index in [1.807, 2.05) is 0 Å². The molecule has 1 atom stereocenters. The van der Waals surface area contributed by atoms with Crippen molar-refractivity contribution in [2.75, 3.05) is 6.61 Å². The maximum absolute atomic E-state index is 10.6. The van der Waals surface area contributed by atoms with Gasteiger partial charge in [-0.2, -0.15) is 0 Å². The van der Waals surface area contributed by atoms with Crippen molar-refractivity contribution in [2.45, 2.75) is 6.10 Å². The summed E-state index contributed by atoms with van der Waals surface area (Å²) < 4.78 is 9.82. The van der Waals surface area contributed by atoms with Crippen LogP contribution in [0.2, 0.25) is 4.34 Å². The molecule has 0 aliphatic rings. The number of rotatable bonds is 4. The van der Waals surface area contributed by atoms with Crippen LogP contribution >= 0.6 is 22.9 Å². The van der Waals surface area contributed by atoms with Gasteiger partial charge in [0.05, 0.1) is 9.21 Å². The molecule has 1 aromatic rings. The van der Waals surface area contributed by atoms with Crippen LogP contribution in [0.25, 0.3) is 0 Å². The van der Waals surface area contributed by atoms with Gasteiger partial charge >= 0.3 is 12.2 Å². The summed E-state index contributed by atoms with van der Waals surface area (Å²) in [7, 11) is 0. The van der Waals surface area contributed by atoms with E-state index < -0.39 is 18.3 Å². The van der Waals surface area contributed by atoms with Crippen molar-refractivity contribution < 1.29 is 19.1 Å². The summed E-state index contributed by atoms with van der Waals surface area (Å²) in [6.07, 6.45) is -2.72. The van der Waals surface area contributed by atoms with Gasteiger partial charge in [-0.05, 0) is 12.1 Å². The molecule has 0 aliphatic carbocycles. The number of nitrogens with two attached hydrogens (primary N) is 2. The van der Waals surface area contributed by atoms with Crippen LogP contribution in [0.4, 0.5) is 9.59 Å². The average molecular weight is 265 g/mol. The maximum atomic E-state index is 10.6. The van der Waals surface area contributed by atoms with Crippen LogP contribution in [0.1, 0.15) is 11.0 Å². The van der Waals surface area contributed by atoms with Crippen LogP contribution in [-0.2, 0) is 9.47 Å². The van der Waals surface area contributed by atoms with Crippen molar-refractivity contribution in [2.24, 2.45) is 11.5 Å². The Balaban J connectivity index is 2.70. The number of halogens is 1. The molecule has 0 fully saturated rings. The van der Waals surface area contributed by atoms with E-state index in [4.69, 9.17) is 27.8 Å². The van der Waals surface area contributed by atoms with Crippen molar-refractivity contribution in [1.29, 1.82) is 0 Å². The quantitative estimate of drug-likeness (QED) is 0.862. The highest BCUT2D eigenvalue weighted by Crippen LogP contribution is 2.29. The molecule has 2 amide bonds. The van der Waals surface area contributed by atoms with Crippen molar-refractivity contribution in [3.8, 4) is 0 Å². The van der Waals surface area contributed by atoms with Gasteiger partial charge in [0, 0.05) is 0 Å². The van der Waals surface area contributed by atoms with Gasteiger partial charge in [-0.15, -0.1) is 11.3 Å². The Hall–Kier alpha value is -1.47. The lowest BCUT2D eigenvalue weighted by Crippen LogP contribution is -2.23. The van der Waals surface area contributed by atoms with Gasteiger partial charge in [0.2, 0.25) is 0 Å². The number of hydrogen-bond donors (Lipinski definition) is 2. The minimum atomic E-state index is -0.970. The fourth-order valence-corrected chi connectivity index (χ4v) is 2.05. The summed E-state index contributed by atoms with van der Waals surface area (Å²) in [5.74, 6) is 0. The topological polar surface area (TPSA) is 105 Å². The van der Waals surface area contributed by atoms with Gasteiger partial charge < -0.3 is 20.9 Å². The molecule has 1 aromatic heterocycles. The molecule has 0 radical (unpaired) electrons. The highest BCUT2D eigenvalue weighted by molar-refractivity contribution is 7.16. The third-order valence-corrected chi connectivity index (χ3v) is 2.87. The van der Waals surface area contributed by atoms with E-state index in [-0.39, 0.29) is 6.61 Å². The van der Waals surface area contributed by atoms with Crippen LogP contribution < -0.4 is 11.5 Å². The van der Waals surface area contributed by atoms with E-state index in [9.17, 15) is 9.59 Å². The summed E-state index contributed by atoms with van der Waals surface area (Å²) in [5, 5.41) is 0. The Morgan fingerprint density at radius 2 is 2.06 bits per heavy atom. The number of ether oxygens (including phenoxy) is 2. The SMILES string of the molecule is NC(=O)OC[C@@H](OC(N)=O)c1ccc(Cl)s1. The largest absolute Gasteiger partial charge is 0.445 e. The number of amides is 2. The minimum Gasteiger partial charge on any atom is -0.445 e. The Bertz CT molecular complexity index is 395. The standard InChI is InChI=1S/C8H9ClN2O4S/c9-6-2-1-5(16-6)4(15-8(11)13)3-14-7(10)12/h1-2,4H,3H2,(H2,10,12)(H2,11,13)/t4-/m1/s1. The second-order valence-corrected chi connectivity index (χ2v) is 4.44. The first kappa shape index (κ1) is 12.6. The molecule has 0 saturated carbocycles. The van der Waals surface area contributed by atoms with Crippen molar-refractivity contribution in [3.05, 3.63) is 21.3 Å². The first-order chi connectivity index (χ1) is 7.49. The number of carbonyl (C=O) groups excluding carboxylic acids is 2. The number of primary amides is 2. The zero-order chi connectivity index (χ0) is 12.1. The molecule has 8 heteroatoms. The molecule has 0 saturated heterocycles. The monoisotopic (exact) mass is 264 g/mol. The van der Waals surface area contributed by atoms with Gasteiger partial charge in [0.15, 0.2) is 6.10 Å². The van der Waals surface area contributed by atoms with Crippen LogP contribution in [-0.4, -0.2) is 18.8 Å². The van der Waals surface area contributed by atoms with Crippen LogP contribution in [0, 0.1) is 0 Å². The van der Waals surface area contributed by atoms with Crippen LogP contribution in [0.15, 0.2) is 12.1 Å². The molecular weight excluding hydrogens is 256 g/mol.